The molecule has 2 aromatic heterocycles. The second-order valence-electron chi connectivity index (χ2n) is 3.11. The Kier molecular flexibility index (Phi) is 7.01. The molecule has 16 heavy (non-hydrogen) atoms. The summed E-state index contributed by atoms with van der Waals surface area (Å²) in [6, 6.07) is 7.68. The van der Waals surface area contributed by atoms with Crippen LogP contribution in [0.4, 0.5) is 0 Å². The van der Waals surface area contributed by atoms with Gasteiger partial charge in [0.25, 0.3) is 0 Å². The maximum Gasteiger partial charge on any atom is 0.104 e. The molecule has 0 fully saturated rings. The lowest BCUT2D eigenvalue weighted by molar-refractivity contribution is 0.517. The molecule has 0 saturated heterocycles. The highest BCUT2D eigenvalue weighted by atomic mass is 32.1. The molecule has 88 valence electrons. The Balaban J connectivity index is 0.000000160. The lowest BCUT2D eigenvalue weighted by Gasteiger charge is -1.85. The van der Waals surface area contributed by atoms with Gasteiger partial charge in [-0.05, 0) is 35.8 Å². The molecule has 0 amide bonds. The zero-order valence-corrected chi connectivity index (χ0v) is 10.8. The van der Waals surface area contributed by atoms with Gasteiger partial charge < -0.3 is 8.83 Å². The zero-order chi connectivity index (χ0) is 11.6. The quantitative estimate of drug-likeness (QED) is 0.819. The van der Waals surface area contributed by atoms with Crippen molar-refractivity contribution >= 4 is 25.3 Å². The van der Waals surface area contributed by atoms with Gasteiger partial charge in [-0.25, -0.2) is 0 Å². The SMILES string of the molecule is SCCc1ccco1.SCCc1ccco1. The van der Waals surface area contributed by atoms with E-state index in [9.17, 15) is 0 Å². The summed E-state index contributed by atoms with van der Waals surface area (Å²) in [5.74, 6) is 3.74. The topological polar surface area (TPSA) is 26.3 Å². The zero-order valence-electron chi connectivity index (χ0n) is 9.00. The van der Waals surface area contributed by atoms with Crippen LogP contribution in [0.1, 0.15) is 11.5 Å². The van der Waals surface area contributed by atoms with Crippen molar-refractivity contribution < 1.29 is 8.83 Å². The van der Waals surface area contributed by atoms with Gasteiger partial charge in [0.1, 0.15) is 11.5 Å². The van der Waals surface area contributed by atoms with E-state index in [2.05, 4.69) is 25.3 Å². The molecule has 0 bridgehead atoms. The number of hydrogen-bond donors (Lipinski definition) is 2. The van der Waals surface area contributed by atoms with Crippen molar-refractivity contribution in [1.82, 2.24) is 0 Å². The summed E-state index contributed by atoms with van der Waals surface area (Å²) in [6.45, 7) is 0. The van der Waals surface area contributed by atoms with Crippen LogP contribution in [0.2, 0.25) is 0 Å². The first-order valence-electron chi connectivity index (χ1n) is 5.13. The molecule has 2 aromatic rings. The predicted octanol–water partition coefficient (Wildman–Crippen LogP) is 3.50. The van der Waals surface area contributed by atoms with Gasteiger partial charge in [0, 0.05) is 12.8 Å². The Bertz CT molecular complexity index is 305. The maximum absolute atomic E-state index is 5.03. The Morgan fingerprint density at radius 2 is 1.25 bits per heavy atom. The van der Waals surface area contributed by atoms with E-state index >= 15 is 0 Å². The summed E-state index contributed by atoms with van der Waals surface area (Å²) in [4.78, 5) is 0. The first kappa shape index (κ1) is 13.3. The summed E-state index contributed by atoms with van der Waals surface area (Å²) in [6.07, 6.45) is 5.21. The number of thiol groups is 2. The summed E-state index contributed by atoms with van der Waals surface area (Å²) in [5, 5.41) is 0. The predicted molar refractivity (Wildman–Crippen MR) is 72.5 cm³/mol. The third kappa shape index (κ3) is 5.37. The highest BCUT2D eigenvalue weighted by Crippen LogP contribution is 2.01. The van der Waals surface area contributed by atoms with Gasteiger partial charge in [-0.3, -0.25) is 0 Å². The van der Waals surface area contributed by atoms with Crippen molar-refractivity contribution in [1.29, 1.82) is 0 Å². The van der Waals surface area contributed by atoms with Crippen molar-refractivity contribution in [2.75, 3.05) is 11.5 Å². The lowest BCUT2D eigenvalue weighted by atomic mass is 10.4. The summed E-state index contributed by atoms with van der Waals surface area (Å²) >= 11 is 8.09. The monoisotopic (exact) mass is 256 g/mol. The average molecular weight is 256 g/mol. The van der Waals surface area contributed by atoms with Crippen LogP contribution >= 0.6 is 25.3 Å². The molecule has 0 aliphatic carbocycles. The number of hydrogen-bond acceptors (Lipinski definition) is 4. The molecule has 0 aliphatic heterocycles. The van der Waals surface area contributed by atoms with Crippen LogP contribution in [0.3, 0.4) is 0 Å². The van der Waals surface area contributed by atoms with Crippen LogP contribution in [0, 0.1) is 0 Å². The van der Waals surface area contributed by atoms with Gasteiger partial charge in [-0.15, -0.1) is 0 Å². The molecular formula is C12H16O2S2. The molecule has 0 radical (unpaired) electrons. The van der Waals surface area contributed by atoms with Crippen LogP contribution in [-0.2, 0) is 12.8 Å². The third-order valence-corrected chi connectivity index (χ3v) is 2.32. The Morgan fingerprint density at radius 1 is 0.812 bits per heavy atom. The molecule has 0 aromatic carbocycles. The average Bonchev–Trinajstić information content (AvgIpc) is 2.92. The third-order valence-electron chi connectivity index (χ3n) is 1.88. The second-order valence-corrected chi connectivity index (χ2v) is 4.00. The lowest BCUT2D eigenvalue weighted by Crippen LogP contribution is -1.78. The van der Waals surface area contributed by atoms with E-state index in [-0.39, 0.29) is 0 Å². The van der Waals surface area contributed by atoms with Crippen molar-refractivity contribution in [3.8, 4) is 0 Å². The van der Waals surface area contributed by atoms with Gasteiger partial charge in [-0.2, -0.15) is 25.3 Å². The Labute approximate surface area is 107 Å². The summed E-state index contributed by atoms with van der Waals surface area (Å²) in [5.41, 5.74) is 0. The van der Waals surface area contributed by atoms with E-state index in [1.54, 1.807) is 12.5 Å². The van der Waals surface area contributed by atoms with Crippen molar-refractivity contribution in [3.05, 3.63) is 48.3 Å². The molecule has 0 atom stereocenters. The van der Waals surface area contributed by atoms with Crippen molar-refractivity contribution in [2.45, 2.75) is 12.8 Å². The fourth-order valence-corrected chi connectivity index (χ4v) is 1.57. The number of rotatable bonds is 4. The fourth-order valence-electron chi connectivity index (χ4n) is 1.13. The molecule has 2 nitrogen and oxygen atoms in total. The van der Waals surface area contributed by atoms with E-state index in [0.717, 1.165) is 35.9 Å². The van der Waals surface area contributed by atoms with E-state index < -0.39 is 0 Å². The van der Waals surface area contributed by atoms with Crippen LogP contribution in [0.5, 0.6) is 0 Å². The van der Waals surface area contributed by atoms with Gasteiger partial charge in [-0.1, -0.05) is 0 Å². The summed E-state index contributed by atoms with van der Waals surface area (Å²) in [7, 11) is 0. The molecule has 0 spiro atoms. The van der Waals surface area contributed by atoms with Gasteiger partial charge in [0.2, 0.25) is 0 Å². The number of aryl methyl sites for hydroxylation is 2. The largest absolute Gasteiger partial charge is 0.469 e. The van der Waals surface area contributed by atoms with Crippen molar-refractivity contribution in [3.63, 3.8) is 0 Å². The standard InChI is InChI=1S/2C6H8OS/c2*8-5-3-6-2-1-4-7-6/h2*1-2,4,8H,3,5H2. The van der Waals surface area contributed by atoms with Crippen LogP contribution in [-0.4, -0.2) is 11.5 Å². The Hall–Kier alpha value is -0.740. The Morgan fingerprint density at radius 3 is 1.50 bits per heavy atom. The summed E-state index contributed by atoms with van der Waals surface area (Å²) < 4.78 is 10.0. The minimum Gasteiger partial charge on any atom is -0.469 e. The van der Waals surface area contributed by atoms with Gasteiger partial charge in [0.15, 0.2) is 0 Å². The van der Waals surface area contributed by atoms with E-state index in [0.29, 0.717) is 0 Å². The van der Waals surface area contributed by atoms with Crippen LogP contribution in [0.15, 0.2) is 45.6 Å². The smallest absolute Gasteiger partial charge is 0.104 e. The first-order chi connectivity index (χ1) is 7.86. The molecule has 0 saturated carbocycles. The minimum atomic E-state index is 0.855. The van der Waals surface area contributed by atoms with Gasteiger partial charge >= 0.3 is 0 Å². The highest BCUT2D eigenvalue weighted by Gasteiger charge is 1.89. The van der Waals surface area contributed by atoms with Crippen molar-refractivity contribution in [2.24, 2.45) is 0 Å². The maximum atomic E-state index is 5.03. The van der Waals surface area contributed by atoms with E-state index in [4.69, 9.17) is 8.83 Å². The second kappa shape index (κ2) is 8.42. The molecule has 2 rings (SSSR count). The van der Waals surface area contributed by atoms with E-state index in [1.165, 1.54) is 0 Å². The number of furan rings is 2. The normalized spacial score (nSPS) is 9.62. The molecule has 0 N–H and O–H groups in total. The highest BCUT2D eigenvalue weighted by molar-refractivity contribution is 7.80. The first-order valence-corrected chi connectivity index (χ1v) is 6.39. The fraction of sp³-hybridized carbons (Fsp3) is 0.333. The molecule has 4 heteroatoms. The minimum absolute atomic E-state index is 0.855. The molecule has 2 heterocycles. The van der Waals surface area contributed by atoms with E-state index in [1.807, 2.05) is 24.3 Å². The van der Waals surface area contributed by atoms with Crippen LogP contribution < -0.4 is 0 Å². The molecular weight excluding hydrogens is 240 g/mol. The molecule has 0 unspecified atom stereocenters. The van der Waals surface area contributed by atoms with Gasteiger partial charge in [0.05, 0.1) is 12.5 Å². The molecule has 0 aliphatic rings. The van der Waals surface area contributed by atoms with Crippen LogP contribution in [0.25, 0.3) is 0 Å².